The van der Waals surface area contributed by atoms with Gasteiger partial charge in [-0.2, -0.15) is 0 Å². The topological polar surface area (TPSA) is 66.8 Å². The van der Waals surface area contributed by atoms with Crippen LogP contribution in [0.3, 0.4) is 0 Å². The van der Waals surface area contributed by atoms with E-state index in [1.807, 2.05) is 25.1 Å². The van der Waals surface area contributed by atoms with Crippen LogP contribution in [0, 0.1) is 5.92 Å². The minimum absolute atomic E-state index is 0.000994. The van der Waals surface area contributed by atoms with E-state index < -0.39 is 5.97 Å². The molecule has 1 aromatic carbocycles. The van der Waals surface area contributed by atoms with E-state index in [4.69, 9.17) is 9.84 Å². The molecule has 1 N–H and O–H groups in total. The number of ether oxygens (including phenoxy) is 1. The lowest BCUT2D eigenvalue weighted by molar-refractivity contribution is -0.138. The Hall–Kier alpha value is -2.04. The summed E-state index contributed by atoms with van der Waals surface area (Å²) in [5, 5.41) is 8.81. The number of carbonyl (C=O) groups excluding carboxylic acids is 1. The molecule has 1 fully saturated rings. The van der Waals surface area contributed by atoms with E-state index in [2.05, 4.69) is 6.07 Å². The quantitative estimate of drug-likeness (QED) is 0.904. The summed E-state index contributed by atoms with van der Waals surface area (Å²) >= 11 is 0. The van der Waals surface area contributed by atoms with Crippen molar-refractivity contribution in [1.82, 2.24) is 4.90 Å². The minimum Gasteiger partial charge on any atom is -0.493 e. The normalized spacial score (nSPS) is 25.2. The maximum Gasteiger partial charge on any atom is 0.305 e. The average molecular weight is 303 g/mol. The molecule has 0 unspecified atom stereocenters. The molecule has 1 aliphatic heterocycles. The van der Waals surface area contributed by atoms with E-state index in [9.17, 15) is 9.59 Å². The van der Waals surface area contributed by atoms with Gasteiger partial charge >= 0.3 is 5.97 Å². The lowest BCUT2D eigenvalue weighted by Crippen LogP contribution is -2.36. The highest BCUT2D eigenvalue weighted by Gasteiger charge is 2.61. The van der Waals surface area contributed by atoms with Gasteiger partial charge in [-0.15, -0.1) is 0 Å². The van der Waals surface area contributed by atoms with Gasteiger partial charge in [0.2, 0.25) is 5.91 Å². The Balaban J connectivity index is 1.76. The molecular formula is C17H21NO4. The predicted molar refractivity (Wildman–Crippen MR) is 80.8 cm³/mol. The third kappa shape index (κ3) is 2.45. The van der Waals surface area contributed by atoms with Crippen LogP contribution in [-0.4, -0.2) is 41.6 Å². The van der Waals surface area contributed by atoms with Gasteiger partial charge in [-0.05, 0) is 25.8 Å². The second kappa shape index (κ2) is 5.63. The third-order valence-corrected chi connectivity index (χ3v) is 4.89. The highest BCUT2D eigenvalue weighted by atomic mass is 16.5. The van der Waals surface area contributed by atoms with Crippen LogP contribution in [0.5, 0.6) is 5.75 Å². The van der Waals surface area contributed by atoms with Crippen LogP contribution in [0.15, 0.2) is 24.3 Å². The van der Waals surface area contributed by atoms with Crippen molar-refractivity contribution in [3.8, 4) is 5.75 Å². The fourth-order valence-electron chi connectivity index (χ4n) is 3.56. The van der Waals surface area contributed by atoms with Crippen molar-refractivity contribution in [2.75, 3.05) is 19.7 Å². The van der Waals surface area contributed by atoms with Gasteiger partial charge in [0.1, 0.15) is 5.75 Å². The molecule has 1 saturated carbocycles. The van der Waals surface area contributed by atoms with Crippen LogP contribution in [0.4, 0.5) is 0 Å². The molecule has 1 amide bonds. The molecule has 5 nitrogen and oxygen atoms in total. The summed E-state index contributed by atoms with van der Waals surface area (Å²) in [4.78, 5) is 25.1. The fourth-order valence-corrected chi connectivity index (χ4v) is 3.56. The first-order valence-corrected chi connectivity index (χ1v) is 7.81. The number of para-hydroxylation sites is 1. The first-order chi connectivity index (χ1) is 10.6. The lowest BCUT2D eigenvalue weighted by Gasteiger charge is -2.28. The molecule has 3 rings (SSSR count). The van der Waals surface area contributed by atoms with Crippen LogP contribution in [0.2, 0.25) is 0 Å². The minimum atomic E-state index is -0.867. The molecule has 0 aromatic heterocycles. The van der Waals surface area contributed by atoms with E-state index >= 15 is 0 Å². The molecule has 1 heterocycles. The van der Waals surface area contributed by atoms with Crippen LogP contribution in [0.25, 0.3) is 0 Å². The number of hydrogen-bond acceptors (Lipinski definition) is 3. The SMILES string of the molecule is CCN(CCC(=O)O)C(=O)[C@@H]1C[C@]12CCOc1ccccc12. The number of rotatable bonds is 5. The average Bonchev–Trinajstić information content (AvgIpc) is 3.23. The summed E-state index contributed by atoms with van der Waals surface area (Å²) in [5.41, 5.74) is 1.04. The standard InChI is InChI=1S/C17H21NO4/c1-2-18(9-7-15(19)20)16(21)13-11-17(13)8-10-22-14-6-4-3-5-12(14)17/h3-6,13H,2,7-11H2,1H3,(H,19,20)/t13-,17-/m0/s1. The second-order valence-corrected chi connectivity index (χ2v) is 6.07. The number of fused-ring (bicyclic) bond motifs is 2. The summed E-state index contributed by atoms with van der Waals surface area (Å²) in [5.74, 6) is 0.0672. The maximum atomic E-state index is 12.7. The van der Waals surface area contributed by atoms with Crippen molar-refractivity contribution in [3.05, 3.63) is 29.8 Å². The van der Waals surface area contributed by atoms with E-state index in [-0.39, 0.29) is 30.2 Å². The number of benzene rings is 1. The largest absolute Gasteiger partial charge is 0.493 e. The summed E-state index contributed by atoms with van der Waals surface area (Å²) in [6, 6.07) is 7.94. The van der Waals surface area contributed by atoms with Gasteiger partial charge in [0, 0.05) is 30.0 Å². The number of hydrogen-bond donors (Lipinski definition) is 1. The number of amides is 1. The molecule has 2 aliphatic rings. The Morgan fingerprint density at radius 2 is 2.18 bits per heavy atom. The first-order valence-electron chi connectivity index (χ1n) is 7.81. The zero-order chi connectivity index (χ0) is 15.7. The maximum absolute atomic E-state index is 12.7. The van der Waals surface area contributed by atoms with E-state index in [1.54, 1.807) is 4.90 Å². The van der Waals surface area contributed by atoms with Gasteiger partial charge in [0.25, 0.3) is 0 Å². The van der Waals surface area contributed by atoms with Crippen LogP contribution in [-0.2, 0) is 15.0 Å². The number of carbonyl (C=O) groups is 2. The summed E-state index contributed by atoms with van der Waals surface area (Å²) in [6.07, 6.45) is 1.70. The molecule has 0 saturated heterocycles. The Labute approximate surface area is 129 Å². The summed E-state index contributed by atoms with van der Waals surface area (Å²) in [6.45, 7) is 3.38. The van der Waals surface area contributed by atoms with Crippen LogP contribution < -0.4 is 4.74 Å². The molecule has 1 spiro atoms. The van der Waals surface area contributed by atoms with Gasteiger partial charge in [-0.25, -0.2) is 0 Å². The number of carboxylic acid groups (broad SMARTS) is 1. The first kappa shape index (κ1) is 14.9. The number of nitrogens with zero attached hydrogens (tertiary/aromatic N) is 1. The Kier molecular flexibility index (Phi) is 3.81. The monoisotopic (exact) mass is 303 g/mol. The van der Waals surface area contributed by atoms with Gasteiger partial charge in [-0.1, -0.05) is 18.2 Å². The van der Waals surface area contributed by atoms with Gasteiger partial charge in [-0.3, -0.25) is 9.59 Å². The molecule has 1 aliphatic carbocycles. The molecule has 2 atom stereocenters. The van der Waals surface area contributed by atoms with Gasteiger partial charge in [0.15, 0.2) is 0 Å². The number of aliphatic carboxylic acids is 1. The smallest absolute Gasteiger partial charge is 0.305 e. The zero-order valence-corrected chi connectivity index (χ0v) is 12.7. The molecule has 1 aromatic rings. The van der Waals surface area contributed by atoms with Crippen molar-refractivity contribution in [2.45, 2.75) is 31.6 Å². The molecule has 0 radical (unpaired) electrons. The molecular weight excluding hydrogens is 282 g/mol. The number of carboxylic acids is 1. The Morgan fingerprint density at radius 3 is 2.91 bits per heavy atom. The van der Waals surface area contributed by atoms with Crippen molar-refractivity contribution >= 4 is 11.9 Å². The van der Waals surface area contributed by atoms with Gasteiger partial charge < -0.3 is 14.7 Å². The van der Waals surface area contributed by atoms with Crippen LogP contribution in [0.1, 0.15) is 31.7 Å². The van der Waals surface area contributed by atoms with Gasteiger partial charge in [0.05, 0.1) is 13.0 Å². The van der Waals surface area contributed by atoms with Crippen molar-refractivity contribution in [2.24, 2.45) is 5.92 Å². The highest BCUT2D eigenvalue weighted by molar-refractivity contribution is 5.85. The third-order valence-electron chi connectivity index (χ3n) is 4.89. The molecule has 0 bridgehead atoms. The predicted octanol–water partition coefficient (Wildman–Crippen LogP) is 2.05. The summed E-state index contributed by atoms with van der Waals surface area (Å²) in [7, 11) is 0. The van der Waals surface area contributed by atoms with Crippen molar-refractivity contribution in [1.29, 1.82) is 0 Å². The van der Waals surface area contributed by atoms with E-state index in [1.165, 1.54) is 0 Å². The van der Waals surface area contributed by atoms with E-state index in [0.29, 0.717) is 13.2 Å². The lowest BCUT2D eigenvalue weighted by atomic mass is 9.87. The van der Waals surface area contributed by atoms with Crippen LogP contribution >= 0.6 is 0 Å². The molecule has 22 heavy (non-hydrogen) atoms. The van der Waals surface area contributed by atoms with Crippen molar-refractivity contribution in [3.63, 3.8) is 0 Å². The van der Waals surface area contributed by atoms with Crippen molar-refractivity contribution < 1.29 is 19.4 Å². The second-order valence-electron chi connectivity index (χ2n) is 6.07. The highest BCUT2D eigenvalue weighted by Crippen LogP contribution is 2.61. The Morgan fingerprint density at radius 1 is 1.41 bits per heavy atom. The Bertz CT molecular complexity index is 600. The summed E-state index contributed by atoms with van der Waals surface area (Å²) < 4.78 is 5.69. The zero-order valence-electron chi connectivity index (χ0n) is 12.7. The molecule has 5 heteroatoms. The van der Waals surface area contributed by atoms with E-state index in [0.717, 1.165) is 24.2 Å². The fraction of sp³-hybridized carbons (Fsp3) is 0.529. The molecule has 118 valence electrons.